The number of rotatable bonds is 5. The van der Waals surface area contributed by atoms with E-state index in [0.717, 1.165) is 0 Å². The molecule has 1 aliphatic heterocycles. The first-order chi connectivity index (χ1) is 12.2. The number of aromatic nitrogens is 1. The average Bonchev–Trinajstić information content (AvgIpc) is 2.55. The standard InChI is InChI=1S/C19H30N2O5/c1-13(2)24-14-7-8-17(20-11-14)25-15-9-10-21(12-16(15)23-6)18(22)26-19(3,4)5/h7-8,11,13,15-16H,9-10,12H2,1-6H3/t15-,16-/m0/s1. The van der Waals surface area contributed by atoms with Gasteiger partial charge in [0.05, 0.1) is 18.8 Å². The number of carbonyl (C=O) groups is 1. The molecule has 1 saturated heterocycles. The SMILES string of the molecule is CO[C@H]1CN(C(=O)OC(C)(C)C)CC[C@@H]1Oc1ccc(OC(C)C)cn1. The van der Waals surface area contributed by atoms with Crippen LogP contribution in [0.5, 0.6) is 11.6 Å². The topological polar surface area (TPSA) is 70.1 Å². The van der Waals surface area contributed by atoms with Crippen molar-refractivity contribution in [2.75, 3.05) is 20.2 Å². The van der Waals surface area contributed by atoms with Crippen LogP contribution in [0.3, 0.4) is 0 Å². The number of carbonyl (C=O) groups excluding carboxylic acids is 1. The second-order valence-electron chi connectivity index (χ2n) is 7.64. The van der Waals surface area contributed by atoms with Crippen LogP contribution in [0.4, 0.5) is 4.79 Å². The van der Waals surface area contributed by atoms with Crippen LogP contribution in [0, 0.1) is 0 Å². The Morgan fingerprint density at radius 2 is 2.00 bits per heavy atom. The van der Waals surface area contributed by atoms with Crippen molar-refractivity contribution in [1.29, 1.82) is 0 Å². The fourth-order valence-electron chi connectivity index (χ4n) is 2.68. The van der Waals surface area contributed by atoms with E-state index in [1.54, 1.807) is 24.3 Å². The maximum Gasteiger partial charge on any atom is 0.410 e. The molecular formula is C19H30N2O5. The van der Waals surface area contributed by atoms with Crippen molar-refractivity contribution in [2.24, 2.45) is 0 Å². The molecule has 1 amide bonds. The van der Waals surface area contributed by atoms with E-state index in [4.69, 9.17) is 18.9 Å². The van der Waals surface area contributed by atoms with Crippen molar-refractivity contribution >= 4 is 6.09 Å². The highest BCUT2D eigenvalue weighted by Gasteiger charge is 2.35. The molecule has 0 spiro atoms. The zero-order chi connectivity index (χ0) is 19.3. The zero-order valence-corrected chi connectivity index (χ0v) is 16.5. The Kier molecular flexibility index (Phi) is 6.69. The Bertz CT molecular complexity index is 583. The van der Waals surface area contributed by atoms with Gasteiger partial charge < -0.3 is 23.8 Å². The van der Waals surface area contributed by atoms with Crippen molar-refractivity contribution in [3.05, 3.63) is 18.3 Å². The summed E-state index contributed by atoms with van der Waals surface area (Å²) in [5, 5.41) is 0. The van der Waals surface area contributed by atoms with Crippen LogP contribution in [0.15, 0.2) is 18.3 Å². The van der Waals surface area contributed by atoms with Crippen molar-refractivity contribution in [3.8, 4) is 11.6 Å². The molecule has 1 fully saturated rings. The van der Waals surface area contributed by atoms with E-state index in [9.17, 15) is 4.79 Å². The Morgan fingerprint density at radius 3 is 2.54 bits per heavy atom. The van der Waals surface area contributed by atoms with E-state index < -0.39 is 5.60 Å². The number of methoxy groups -OCH3 is 1. The van der Waals surface area contributed by atoms with Crippen LogP contribution in [0.25, 0.3) is 0 Å². The van der Waals surface area contributed by atoms with Crippen LogP contribution in [0.2, 0.25) is 0 Å². The summed E-state index contributed by atoms with van der Waals surface area (Å²) < 4.78 is 22.5. The summed E-state index contributed by atoms with van der Waals surface area (Å²) in [4.78, 5) is 18.2. The van der Waals surface area contributed by atoms with E-state index in [0.29, 0.717) is 31.1 Å². The fraction of sp³-hybridized carbons (Fsp3) is 0.684. The minimum absolute atomic E-state index is 0.0959. The second-order valence-corrected chi connectivity index (χ2v) is 7.64. The van der Waals surface area contributed by atoms with E-state index >= 15 is 0 Å². The summed E-state index contributed by atoms with van der Waals surface area (Å²) in [6.45, 7) is 10.5. The van der Waals surface area contributed by atoms with Crippen LogP contribution in [0.1, 0.15) is 41.0 Å². The molecule has 0 radical (unpaired) electrons. The molecule has 1 aromatic heterocycles. The molecule has 0 saturated carbocycles. The largest absolute Gasteiger partial charge is 0.489 e. The highest BCUT2D eigenvalue weighted by atomic mass is 16.6. The quantitative estimate of drug-likeness (QED) is 0.796. The molecule has 7 heteroatoms. The molecule has 2 rings (SSSR count). The minimum Gasteiger partial charge on any atom is -0.489 e. The predicted octanol–water partition coefficient (Wildman–Crippen LogP) is 3.27. The van der Waals surface area contributed by atoms with Crippen molar-refractivity contribution in [3.63, 3.8) is 0 Å². The van der Waals surface area contributed by atoms with Gasteiger partial charge >= 0.3 is 6.09 Å². The summed E-state index contributed by atoms with van der Waals surface area (Å²) in [7, 11) is 1.62. The molecular weight excluding hydrogens is 336 g/mol. The number of likely N-dealkylation sites (tertiary alicyclic amines) is 1. The van der Waals surface area contributed by atoms with E-state index in [1.165, 1.54) is 0 Å². The van der Waals surface area contributed by atoms with Gasteiger partial charge in [-0.15, -0.1) is 0 Å². The number of ether oxygens (including phenoxy) is 4. The Balaban J connectivity index is 1.94. The zero-order valence-electron chi connectivity index (χ0n) is 16.5. The molecule has 0 aromatic carbocycles. The van der Waals surface area contributed by atoms with Crippen molar-refractivity contribution in [2.45, 2.75) is 65.0 Å². The number of piperidine rings is 1. The maximum atomic E-state index is 12.2. The van der Waals surface area contributed by atoms with Crippen molar-refractivity contribution in [1.82, 2.24) is 9.88 Å². The third-order valence-electron chi connectivity index (χ3n) is 3.81. The first kappa shape index (κ1) is 20.3. The molecule has 0 bridgehead atoms. The number of hydrogen-bond donors (Lipinski definition) is 0. The number of amides is 1. The molecule has 1 aromatic rings. The lowest BCUT2D eigenvalue weighted by molar-refractivity contribution is -0.0564. The smallest absolute Gasteiger partial charge is 0.410 e. The number of nitrogens with zero attached hydrogens (tertiary/aromatic N) is 2. The van der Waals surface area contributed by atoms with Gasteiger partial charge in [-0.2, -0.15) is 0 Å². The van der Waals surface area contributed by atoms with Crippen LogP contribution < -0.4 is 9.47 Å². The Hall–Kier alpha value is -2.02. The molecule has 0 N–H and O–H groups in total. The Morgan fingerprint density at radius 1 is 1.27 bits per heavy atom. The molecule has 1 aliphatic rings. The lowest BCUT2D eigenvalue weighted by Crippen LogP contribution is -2.52. The van der Waals surface area contributed by atoms with Crippen LogP contribution in [-0.4, -0.2) is 60.1 Å². The highest BCUT2D eigenvalue weighted by Crippen LogP contribution is 2.23. The molecule has 2 heterocycles. The van der Waals surface area contributed by atoms with Gasteiger partial charge in [0, 0.05) is 26.1 Å². The summed E-state index contributed by atoms with van der Waals surface area (Å²) in [6, 6.07) is 3.62. The van der Waals surface area contributed by atoms with E-state index in [2.05, 4.69) is 4.98 Å². The molecule has 0 unspecified atom stereocenters. The first-order valence-electron chi connectivity index (χ1n) is 8.98. The molecule has 146 valence electrons. The van der Waals surface area contributed by atoms with Crippen molar-refractivity contribution < 1.29 is 23.7 Å². The van der Waals surface area contributed by atoms with E-state index in [1.807, 2.05) is 40.7 Å². The monoisotopic (exact) mass is 366 g/mol. The third-order valence-corrected chi connectivity index (χ3v) is 3.81. The normalized spacial score (nSPS) is 20.8. The Labute approximate surface area is 155 Å². The van der Waals surface area contributed by atoms with Gasteiger partial charge in [0.15, 0.2) is 0 Å². The van der Waals surface area contributed by atoms with Crippen LogP contribution >= 0.6 is 0 Å². The average molecular weight is 366 g/mol. The van der Waals surface area contributed by atoms with Gasteiger partial charge in [-0.25, -0.2) is 9.78 Å². The van der Waals surface area contributed by atoms with Gasteiger partial charge in [-0.1, -0.05) is 0 Å². The summed E-state index contributed by atoms with van der Waals surface area (Å²) >= 11 is 0. The summed E-state index contributed by atoms with van der Waals surface area (Å²) in [5.41, 5.74) is -0.517. The number of pyridine rings is 1. The van der Waals surface area contributed by atoms with Gasteiger partial charge in [0.1, 0.15) is 23.6 Å². The van der Waals surface area contributed by atoms with Gasteiger partial charge in [-0.05, 0) is 40.7 Å². The molecule has 7 nitrogen and oxygen atoms in total. The second kappa shape index (κ2) is 8.58. The summed E-state index contributed by atoms with van der Waals surface area (Å²) in [5.74, 6) is 1.22. The van der Waals surface area contributed by atoms with Crippen LogP contribution in [-0.2, 0) is 9.47 Å². The predicted molar refractivity (Wildman–Crippen MR) is 97.6 cm³/mol. The van der Waals surface area contributed by atoms with Gasteiger partial charge in [-0.3, -0.25) is 0 Å². The lowest BCUT2D eigenvalue weighted by Gasteiger charge is -2.37. The van der Waals surface area contributed by atoms with E-state index in [-0.39, 0.29) is 24.4 Å². The molecule has 2 atom stereocenters. The lowest BCUT2D eigenvalue weighted by atomic mass is 10.0. The highest BCUT2D eigenvalue weighted by molar-refractivity contribution is 5.68. The maximum absolute atomic E-state index is 12.2. The first-order valence-corrected chi connectivity index (χ1v) is 8.98. The van der Waals surface area contributed by atoms with Gasteiger partial charge in [0.25, 0.3) is 0 Å². The minimum atomic E-state index is -0.517. The third kappa shape index (κ3) is 6.05. The molecule has 0 aliphatic carbocycles. The number of hydrogen-bond acceptors (Lipinski definition) is 6. The fourth-order valence-corrected chi connectivity index (χ4v) is 2.68. The summed E-state index contributed by atoms with van der Waals surface area (Å²) in [6.07, 6.45) is 1.63. The molecule has 26 heavy (non-hydrogen) atoms. The van der Waals surface area contributed by atoms with Gasteiger partial charge in [0.2, 0.25) is 5.88 Å².